The largest absolute Gasteiger partial charge is 0.508 e. The monoisotopic (exact) mass is 508 g/mol. The first-order valence-corrected chi connectivity index (χ1v) is 13.2. The fourth-order valence-corrected chi connectivity index (χ4v) is 5.18. The van der Waals surface area contributed by atoms with E-state index in [1.807, 2.05) is 38.1 Å². The van der Waals surface area contributed by atoms with Crippen molar-refractivity contribution < 1.29 is 15.3 Å². The average molecular weight is 509 g/mol. The Bertz CT molecular complexity index is 1390. The van der Waals surface area contributed by atoms with Crippen molar-refractivity contribution in [3.05, 3.63) is 123 Å². The van der Waals surface area contributed by atoms with Gasteiger partial charge in [-0.3, -0.25) is 0 Å². The lowest BCUT2D eigenvalue weighted by Crippen LogP contribution is -2.27. The van der Waals surface area contributed by atoms with E-state index in [0.717, 1.165) is 27.8 Å². The van der Waals surface area contributed by atoms with E-state index in [2.05, 4.69) is 71.9 Å². The maximum absolute atomic E-state index is 10.2. The molecule has 4 aromatic rings. The van der Waals surface area contributed by atoms with Gasteiger partial charge in [0.15, 0.2) is 0 Å². The first kappa shape index (κ1) is 27.3. The standard InChI is InChI=1S/C35H40O3/c1-22-17-25(11-15-31(22)37)34(5,6)28-19-27(33(3,4)24-9-13-30(36)14-10-24)20-29(21-28)35(7,8)26-12-16-32(38)23(2)18-26/h9-21,36-38H,1-8H3. The van der Waals surface area contributed by atoms with Crippen molar-refractivity contribution in [3.63, 3.8) is 0 Å². The third kappa shape index (κ3) is 4.90. The van der Waals surface area contributed by atoms with E-state index < -0.39 is 0 Å². The maximum Gasteiger partial charge on any atom is 0.118 e. The van der Waals surface area contributed by atoms with Gasteiger partial charge < -0.3 is 15.3 Å². The zero-order valence-corrected chi connectivity index (χ0v) is 23.8. The molecule has 3 heteroatoms. The number of phenols is 3. The van der Waals surface area contributed by atoms with Gasteiger partial charge in [0.05, 0.1) is 0 Å². The Kier molecular flexibility index (Phi) is 6.86. The second kappa shape index (κ2) is 9.54. The lowest BCUT2D eigenvalue weighted by Gasteiger charge is -2.35. The van der Waals surface area contributed by atoms with Crippen molar-refractivity contribution >= 4 is 0 Å². The topological polar surface area (TPSA) is 60.7 Å². The molecule has 0 spiro atoms. The Morgan fingerprint density at radius 1 is 0.395 bits per heavy atom. The highest BCUT2D eigenvalue weighted by Gasteiger charge is 2.32. The predicted octanol–water partition coefficient (Wildman–Crippen LogP) is 8.40. The molecule has 0 saturated heterocycles. The van der Waals surface area contributed by atoms with Crippen LogP contribution in [0, 0.1) is 13.8 Å². The molecule has 0 aliphatic heterocycles. The summed E-state index contributed by atoms with van der Waals surface area (Å²) in [7, 11) is 0. The van der Waals surface area contributed by atoms with Gasteiger partial charge in [-0.1, -0.05) is 96.1 Å². The van der Waals surface area contributed by atoms with Crippen molar-refractivity contribution in [3.8, 4) is 17.2 Å². The maximum atomic E-state index is 10.2. The second-order valence-electron chi connectivity index (χ2n) is 12.2. The van der Waals surface area contributed by atoms with Crippen molar-refractivity contribution in [1.82, 2.24) is 0 Å². The number of hydrogen-bond acceptors (Lipinski definition) is 3. The van der Waals surface area contributed by atoms with E-state index in [1.165, 1.54) is 16.7 Å². The van der Waals surface area contributed by atoms with Crippen molar-refractivity contribution in [2.75, 3.05) is 0 Å². The molecule has 0 amide bonds. The van der Waals surface area contributed by atoms with Gasteiger partial charge in [0.2, 0.25) is 0 Å². The lowest BCUT2D eigenvalue weighted by atomic mass is 9.69. The summed E-state index contributed by atoms with van der Waals surface area (Å²) in [6.07, 6.45) is 0. The molecule has 0 bridgehead atoms. The normalized spacial score (nSPS) is 12.5. The van der Waals surface area contributed by atoms with Crippen LogP contribution in [0.4, 0.5) is 0 Å². The van der Waals surface area contributed by atoms with Crippen LogP contribution in [0.15, 0.2) is 78.9 Å². The van der Waals surface area contributed by atoms with Crippen molar-refractivity contribution in [1.29, 1.82) is 0 Å². The van der Waals surface area contributed by atoms with Gasteiger partial charge >= 0.3 is 0 Å². The summed E-state index contributed by atoms with van der Waals surface area (Å²) < 4.78 is 0. The van der Waals surface area contributed by atoms with Crippen LogP contribution in [0.1, 0.15) is 86.1 Å². The molecule has 3 N–H and O–H groups in total. The Balaban J connectivity index is 1.96. The van der Waals surface area contributed by atoms with Gasteiger partial charge in [0, 0.05) is 16.2 Å². The molecular weight excluding hydrogens is 468 g/mol. The molecule has 4 aromatic carbocycles. The van der Waals surface area contributed by atoms with Crippen LogP contribution in [0.5, 0.6) is 17.2 Å². The zero-order valence-electron chi connectivity index (χ0n) is 23.8. The fraction of sp³-hybridized carbons (Fsp3) is 0.314. The van der Waals surface area contributed by atoms with E-state index in [9.17, 15) is 15.3 Å². The smallest absolute Gasteiger partial charge is 0.118 e. The van der Waals surface area contributed by atoms with Gasteiger partial charge in [0.1, 0.15) is 17.2 Å². The second-order valence-corrected chi connectivity index (χ2v) is 12.2. The first-order chi connectivity index (χ1) is 17.6. The number of rotatable bonds is 6. The summed E-state index contributed by atoms with van der Waals surface area (Å²) in [5, 5.41) is 30.2. The molecule has 0 fully saturated rings. The molecule has 0 saturated carbocycles. The molecule has 0 aliphatic rings. The minimum absolute atomic E-state index is 0.256. The molecule has 4 rings (SSSR count). The van der Waals surface area contributed by atoms with Gasteiger partial charge in [-0.2, -0.15) is 0 Å². The van der Waals surface area contributed by atoms with Crippen LogP contribution < -0.4 is 0 Å². The third-order valence-electron chi connectivity index (χ3n) is 8.52. The Morgan fingerprint density at radius 3 is 1.05 bits per heavy atom. The Morgan fingerprint density at radius 2 is 0.711 bits per heavy atom. The predicted molar refractivity (Wildman–Crippen MR) is 157 cm³/mol. The van der Waals surface area contributed by atoms with Crippen LogP contribution in [0.3, 0.4) is 0 Å². The van der Waals surface area contributed by atoms with Crippen LogP contribution >= 0.6 is 0 Å². The van der Waals surface area contributed by atoms with Gasteiger partial charge in [-0.15, -0.1) is 0 Å². The highest BCUT2D eigenvalue weighted by Crippen LogP contribution is 2.42. The highest BCUT2D eigenvalue weighted by atomic mass is 16.3. The highest BCUT2D eigenvalue weighted by molar-refractivity contribution is 5.52. The summed E-state index contributed by atoms with van der Waals surface area (Å²) in [5.74, 6) is 0.860. The summed E-state index contributed by atoms with van der Waals surface area (Å²) in [6, 6.07) is 26.1. The lowest BCUT2D eigenvalue weighted by molar-refractivity contribution is 0.469. The van der Waals surface area contributed by atoms with Crippen LogP contribution in [-0.2, 0) is 16.2 Å². The molecule has 3 nitrogen and oxygen atoms in total. The number of aryl methyl sites for hydroxylation is 2. The van der Waals surface area contributed by atoms with Crippen LogP contribution in [-0.4, -0.2) is 15.3 Å². The summed E-state index contributed by atoms with van der Waals surface area (Å²) in [6.45, 7) is 17.2. The average Bonchev–Trinajstić information content (AvgIpc) is 2.87. The molecule has 0 heterocycles. The molecule has 0 radical (unpaired) electrons. The molecule has 0 aromatic heterocycles. The number of aromatic hydroxyl groups is 3. The van der Waals surface area contributed by atoms with E-state index in [0.29, 0.717) is 11.5 Å². The third-order valence-corrected chi connectivity index (χ3v) is 8.52. The Labute approximate surface area is 227 Å². The zero-order chi connectivity index (χ0) is 28.0. The number of phenolic OH excluding ortho intramolecular Hbond substituents is 3. The quantitative estimate of drug-likeness (QED) is 0.245. The SMILES string of the molecule is Cc1cc(C(C)(C)c2cc(C(C)(C)c3ccc(O)cc3)cc(C(C)(C)c3ccc(O)c(C)c3)c2)ccc1O. The summed E-state index contributed by atoms with van der Waals surface area (Å²) >= 11 is 0. The van der Waals surface area contributed by atoms with Gasteiger partial charge in [-0.25, -0.2) is 0 Å². The van der Waals surface area contributed by atoms with E-state index in [1.54, 1.807) is 24.3 Å². The van der Waals surface area contributed by atoms with Crippen LogP contribution in [0.25, 0.3) is 0 Å². The first-order valence-electron chi connectivity index (χ1n) is 13.2. The van der Waals surface area contributed by atoms with E-state index >= 15 is 0 Å². The molecule has 198 valence electrons. The molecule has 0 unspecified atom stereocenters. The molecule has 0 aliphatic carbocycles. The van der Waals surface area contributed by atoms with Crippen LogP contribution in [0.2, 0.25) is 0 Å². The van der Waals surface area contributed by atoms with Gasteiger partial charge in [0.25, 0.3) is 0 Å². The number of benzene rings is 4. The summed E-state index contributed by atoms with van der Waals surface area (Å²) in [5.41, 5.74) is 7.69. The van der Waals surface area contributed by atoms with Crippen molar-refractivity contribution in [2.45, 2.75) is 71.6 Å². The molecule has 38 heavy (non-hydrogen) atoms. The van der Waals surface area contributed by atoms with Crippen molar-refractivity contribution in [2.24, 2.45) is 0 Å². The molecular formula is C35H40O3. The van der Waals surface area contributed by atoms with E-state index in [4.69, 9.17) is 0 Å². The molecule has 0 atom stereocenters. The van der Waals surface area contributed by atoms with Gasteiger partial charge in [-0.05, 0) is 82.6 Å². The van der Waals surface area contributed by atoms with E-state index in [-0.39, 0.29) is 22.0 Å². The minimum Gasteiger partial charge on any atom is -0.508 e. The fourth-order valence-electron chi connectivity index (χ4n) is 5.18. The minimum atomic E-state index is -0.324. The Hall–Kier alpha value is -3.72. The number of hydrogen-bond donors (Lipinski definition) is 3. The summed E-state index contributed by atoms with van der Waals surface area (Å²) in [4.78, 5) is 0.